The molecule has 9 heteroatoms. The summed E-state index contributed by atoms with van der Waals surface area (Å²) in [5.74, 6) is 0.145. The predicted molar refractivity (Wildman–Crippen MR) is 121 cm³/mol. The van der Waals surface area contributed by atoms with E-state index < -0.39 is 9.84 Å². The molecule has 1 aliphatic rings. The van der Waals surface area contributed by atoms with Crippen LogP contribution in [0.3, 0.4) is 0 Å². The Bertz CT molecular complexity index is 941. The third-order valence-corrected chi connectivity index (χ3v) is 5.91. The highest BCUT2D eigenvalue weighted by Gasteiger charge is 2.30. The zero-order valence-corrected chi connectivity index (χ0v) is 18.8. The van der Waals surface area contributed by atoms with Gasteiger partial charge in [0.15, 0.2) is 21.5 Å². The number of likely N-dealkylation sites (N-methyl/N-ethyl adjacent to an activating group) is 1. The van der Waals surface area contributed by atoms with Crippen LogP contribution in [0.5, 0.6) is 0 Å². The average molecular weight is 439 g/mol. The lowest BCUT2D eigenvalue weighted by Crippen LogP contribution is -2.50. The normalized spacial score (nSPS) is 18.5. The second-order valence-electron chi connectivity index (χ2n) is 5.94. The molecule has 0 unspecified atom stereocenters. The van der Waals surface area contributed by atoms with E-state index in [1.807, 2.05) is 6.92 Å². The van der Waals surface area contributed by atoms with E-state index in [-0.39, 0.29) is 34.1 Å². The molecular weight excluding hydrogens is 412 g/mol. The zero-order chi connectivity index (χ0) is 22.2. The highest BCUT2D eigenvalue weighted by Crippen LogP contribution is 2.16. The molecule has 0 aromatic rings. The van der Waals surface area contributed by atoms with Crippen LogP contribution in [-0.2, 0) is 14.6 Å². The summed E-state index contributed by atoms with van der Waals surface area (Å²) in [6.45, 7) is 14.9. The first kappa shape index (κ1) is 24.6. The van der Waals surface area contributed by atoms with Gasteiger partial charge in [0, 0.05) is 13.1 Å². The van der Waals surface area contributed by atoms with Crippen molar-refractivity contribution < 1.29 is 13.2 Å². The van der Waals surface area contributed by atoms with Crippen molar-refractivity contribution in [1.82, 2.24) is 10.2 Å². The number of hydrogen-bond donors (Lipinski definition) is 1. The Kier molecular flexibility index (Phi) is 9.26. The molecule has 0 radical (unpaired) electrons. The van der Waals surface area contributed by atoms with Crippen molar-refractivity contribution in [2.75, 3.05) is 18.8 Å². The largest absolute Gasteiger partial charge is 0.361 e. The Morgan fingerprint density at radius 3 is 2.41 bits per heavy atom. The van der Waals surface area contributed by atoms with E-state index in [2.05, 4.69) is 28.5 Å². The first-order valence-electron chi connectivity index (χ1n) is 9.10. The quantitative estimate of drug-likeness (QED) is 0.465. The molecule has 0 saturated carbocycles. The van der Waals surface area contributed by atoms with E-state index in [1.165, 1.54) is 17.1 Å². The van der Waals surface area contributed by atoms with Crippen LogP contribution in [0.15, 0.2) is 68.8 Å². The minimum absolute atomic E-state index is 0.0185. The SMILES string of the molecule is C=C(/C=C\C(=C/C)S(=O)(=O)CC)CNC1=NC(=C/C)/C(=N\C(=C)Cl)N(CC)C1=O. The first-order valence-corrected chi connectivity index (χ1v) is 11.1. The topological polar surface area (TPSA) is 91.2 Å². The highest BCUT2D eigenvalue weighted by molar-refractivity contribution is 7.95. The third kappa shape index (κ3) is 6.54. The molecule has 0 spiro atoms. The monoisotopic (exact) mass is 438 g/mol. The molecule has 1 heterocycles. The number of amides is 1. The lowest BCUT2D eigenvalue weighted by molar-refractivity contribution is -0.120. The summed E-state index contributed by atoms with van der Waals surface area (Å²) in [5.41, 5.74) is 1.08. The Morgan fingerprint density at radius 1 is 1.28 bits per heavy atom. The first-order chi connectivity index (χ1) is 13.6. The maximum Gasteiger partial charge on any atom is 0.294 e. The summed E-state index contributed by atoms with van der Waals surface area (Å²) in [7, 11) is -3.30. The molecular formula is C20H27ClN4O3S. The molecule has 158 valence electrons. The molecule has 7 nitrogen and oxygen atoms in total. The molecule has 0 saturated heterocycles. The van der Waals surface area contributed by atoms with Gasteiger partial charge in [0.25, 0.3) is 5.91 Å². The van der Waals surface area contributed by atoms with E-state index in [0.717, 1.165) is 0 Å². The lowest BCUT2D eigenvalue weighted by Gasteiger charge is -2.28. The van der Waals surface area contributed by atoms with E-state index in [9.17, 15) is 13.2 Å². The van der Waals surface area contributed by atoms with Crippen LogP contribution in [0.2, 0.25) is 0 Å². The van der Waals surface area contributed by atoms with Gasteiger partial charge in [-0.15, -0.1) is 0 Å². The number of carbonyl (C=O) groups excluding carboxylic acids is 1. The Balaban J connectivity index is 3.00. The minimum Gasteiger partial charge on any atom is -0.361 e. The van der Waals surface area contributed by atoms with Gasteiger partial charge in [-0.25, -0.2) is 18.4 Å². The van der Waals surface area contributed by atoms with Crippen LogP contribution in [0.4, 0.5) is 0 Å². The van der Waals surface area contributed by atoms with E-state index in [0.29, 0.717) is 23.7 Å². The number of nitrogens with zero attached hydrogens (tertiary/aromatic N) is 3. The van der Waals surface area contributed by atoms with Gasteiger partial charge in [0.05, 0.1) is 10.7 Å². The fraction of sp³-hybridized carbons (Fsp3) is 0.350. The molecule has 1 N–H and O–H groups in total. The highest BCUT2D eigenvalue weighted by atomic mass is 35.5. The molecule has 0 bridgehead atoms. The van der Waals surface area contributed by atoms with Crippen molar-refractivity contribution in [3.8, 4) is 0 Å². The minimum atomic E-state index is -3.30. The number of allylic oxidation sites excluding steroid dienone is 3. The number of halogens is 1. The second-order valence-corrected chi connectivity index (χ2v) is 8.65. The predicted octanol–water partition coefficient (Wildman–Crippen LogP) is 3.30. The van der Waals surface area contributed by atoms with Crippen molar-refractivity contribution >= 4 is 39.0 Å². The molecule has 1 rings (SSSR count). The zero-order valence-electron chi connectivity index (χ0n) is 17.2. The number of carbonyl (C=O) groups is 1. The third-order valence-electron chi connectivity index (χ3n) is 3.97. The van der Waals surface area contributed by atoms with E-state index in [4.69, 9.17) is 11.6 Å². The van der Waals surface area contributed by atoms with Crippen LogP contribution in [-0.4, -0.2) is 49.7 Å². The van der Waals surface area contributed by atoms with Gasteiger partial charge in [-0.2, -0.15) is 0 Å². The average Bonchev–Trinajstić information content (AvgIpc) is 2.67. The number of sulfone groups is 1. The van der Waals surface area contributed by atoms with Gasteiger partial charge in [0.1, 0.15) is 10.9 Å². The fourth-order valence-corrected chi connectivity index (χ4v) is 3.47. The summed E-state index contributed by atoms with van der Waals surface area (Å²) in [4.78, 5) is 22.8. The second kappa shape index (κ2) is 10.9. The molecule has 1 amide bonds. The molecule has 0 aromatic heterocycles. The summed E-state index contributed by atoms with van der Waals surface area (Å²) in [5, 5.41) is 3.01. The summed E-state index contributed by atoms with van der Waals surface area (Å²) < 4.78 is 23.9. The Labute approximate surface area is 177 Å². The van der Waals surface area contributed by atoms with Gasteiger partial charge in [0.2, 0.25) is 0 Å². The summed E-state index contributed by atoms with van der Waals surface area (Å²) >= 11 is 5.78. The van der Waals surface area contributed by atoms with Gasteiger partial charge < -0.3 is 5.32 Å². The van der Waals surface area contributed by atoms with Crippen LogP contribution < -0.4 is 5.32 Å². The van der Waals surface area contributed by atoms with Crippen LogP contribution in [0.25, 0.3) is 0 Å². The van der Waals surface area contributed by atoms with E-state index >= 15 is 0 Å². The number of hydrogen-bond acceptors (Lipinski definition) is 6. The van der Waals surface area contributed by atoms with Crippen LogP contribution >= 0.6 is 11.6 Å². The van der Waals surface area contributed by atoms with Crippen LogP contribution in [0, 0.1) is 0 Å². The molecule has 0 atom stereocenters. The van der Waals surface area contributed by atoms with Gasteiger partial charge in [-0.1, -0.05) is 49.9 Å². The van der Waals surface area contributed by atoms with E-state index in [1.54, 1.807) is 32.9 Å². The van der Waals surface area contributed by atoms with Gasteiger partial charge in [-0.05, 0) is 32.4 Å². The van der Waals surface area contributed by atoms with Crippen LogP contribution in [0.1, 0.15) is 27.7 Å². The molecule has 0 fully saturated rings. The summed E-state index contributed by atoms with van der Waals surface area (Å²) in [6, 6.07) is 0. The summed E-state index contributed by atoms with van der Waals surface area (Å²) in [6.07, 6.45) is 6.35. The lowest BCUT2D eigenvalue weighted by atomic mass is 10.2. The Hall–Kier alpha value is -2.45. The number of nitrogens with one attached hydrogen (secondary N) is 1. The maximum absolute atomic E-state index is 12.7. The van der Waals surface area contributed by atoms with Crippen molar-refractivity contribution in [3.05, 3.63) is 58.8 Å². The maximum atomic E-state index is 12.7. The van der Waals surface area contributed by atoms with Crippen molar-refractivity contribution in [2.45, 2.75) is 27.7 Å². The molecule has 0 aromatic carbocycles. The standard InChI is InChI=1S/C20H27ClN4O3S/c1-7-16(29(27,28)10-4)12-11-14(5)13-22-18-20(26)25(9-3)19(23-15(6)21)17(8-2)24-18/h7-8,11-12H,5-6,9-10,13H2,1-4H3,(H,22,24)/b12-11-,16-7+,17-8+,23-19+. The van der Waals surface area contributed by atoms with Crippen molar-refractivity contribution in [2.24, 2.45) is 9.98 Å². The van der Waals surface area contributed by atoms with Crippen molar-refractivity contribution in [3.63, 3.8) is 0 Å². The van der Waals surface area contributed by atoms with Crippen molar-refractivity contribution in [1.29, 1.82) is 0 Å². The van der Waals surface area contributed by atoms with Gasteiger partial charge in [-0.3, -0.25) is 9.69 Å². The number of aliphatic imine (C=N–C) groups is 2. The smallest absolute Gasteiger partial charge is 0.294 e. The molecule has 1 aliphatic heterocycles. The van der Waals surface area contributed by atoms with Gasteiger partial charge >= 0.3 is 0 Å². The Morgan fingerprint density at radius 2 is 1.93 bits per heavy atom. The number of amidine groups is 2. The molecule has 0 aliphatic carbocycles. The molecule has 29 heavy (non-hydrogen) atoms. The number of rotatable bonds is 8. The fourth-order valence-electron chi connectivity index (χ4n) is 2.42.